The van der Waals surface area contributed by atoms with Crippen molar-refractivity contribution >= 4 is 29.6 Å². The molecule has 0 aliphatic rings. The maximum absolute atomic E-state index is 5.92. The lowest BCUT2D eigenvalue weighted by molar-refractivity contribution is 0.374. The number of nitrogens with zero attached hydrogens (tertiary/aromatic N) is 4. The summed E-state index contributed by atoms with van der Waals surface area (Å²) in [6.07, 6.45) is 3.19. The van der Waals surface area contributed by atoms with E-state index in [1.807, 2.05) is 24.3 Å². The SMILES string of the molecule is COc1cc(OC)c(/C=N\n2cnnc2SCc2ccc(Cl)cc2)c(OC)c1. The first-order valence-electron chi connectivity index (χ1n) is 8.26. The fourth-order valence-corrected chi connectivity index (χ4v) is 3.35. The van der Waals surface area contributed by atoms with Gasteiger partial charge in [-0.1, -0.05) is 35.5 Å². The third kappa shape index (κ3) is 4.76. The molecular formula is C19H19ClN4O3S. The van der Waals surface area contributed by atoms with Gasteiger partial charge < -0.3 is 14.2 Å². The summed E-state index contributed by atoms with van der Waals surface area (Å²) >= 11 is 7.45. The van der Waals surface area contributed by atoms with Gasteiger partial charge in [-0.05, 0) is 17.7 Å². The first-order valence-corrected chi connectivity index (χ1v) is 9.62. The van der Waals surface area contributed by atoms with E-state index in [4.69, 9.17) is 25.8 Å². The minimum atomic E-state index is 0.586. The lowest BCUT2D eigenvalue weighted by Gasteiger charge is -2.12. The summed E-state index contributed by atoms with van der Waals surface area (Å²) in [7, 11) is 4.75. The molecule has 0 aliphatic heterocycles. The van der Waals surface area contributed by atoms with E-state index in [9.17, 15) is 0 Å². The third-order valence-electron chi connectivity index (χ3n) is 3.85. The smallest absolute Gasteiger partial charge is 0.212 e. The van der Waals surface area contributed by atoms with Crippen LogP contribution in [-0.2, 0) is 5.75 Å². The van der Waals surface area contributed by atoms with Crippen LogP contribution in [-0.4, -0.2) is 42.4 Å². The molecule has 0 atom stereocenters. The summed E-state index contributed by atoms with van der Waals surface area (Å²) in [6, 6.07) is 11.2. The zero-order chi connectivity index (χ0) is 19.9. The van der Waals surface area contributed by atoms with Gasteiger partial charge in [0.15, 0.2) is 0 Å². The van der Waals surface area contributed by atoms with E-state index in [0.717, 1.165) is 11.3 Å². The Morgan fingerprint density at radius 3 is 2.36 bits per heavy atom. The maximum atomic E-state index is 5.92. The molecule has 0 unspecified atom stereocenters. The Bertz CT molecular complexity index is 935. The maximum Gasteiger partial charge on any atom is 0.212 e. The summed E-state index contributed by atoms with van der Waals surface area (Å²) in [6.45, 7) is 0. The zero-order valence-corrected chi connectivity index (χ0v) is 17.2. The third-order valence-corrected chi connectivity index (χ3v) is 5.10. The normalized spacial score (nSPS) is 11.0. The Labute approximate surface area is 172 Å². The number of rotatable bonds is 8. The molecule has 0 spiro atoms. The lowest BCUT2D eigenvalue weighted by Crippen LogP contribution is -1.99. The van der Waals surface area contributed by atoms with Gasteiger partial charge in [0.2, 0.25) is 5.16 Å². The van der Waals surface area contributed by atoms with E-state index < -0.39 is 0 Å². The van der Waals surface area contributed by atoms with Crippen molar-refractivity contribution in [1.82, 2.24) is 14.9 Å². The lowest BCUT2D eigenvalue weighted by atomic mass is 10.2. The number of aromatic nitrogens is 3. The number of thioether (sulfide) groups is 1. The highest BCUT2D eigenvalue weighted by atomic mass is 35.5. The van der Waals surface area contributed by atoms with Crippen LogP contribution in [0, 0.1) is 0 Å². The Morgan fingerprint density at radius 2 is 1.75 bits per heavy atom. The van der Waals surface area contributed by atoms with Crippen LogP contribution in [0.15, 0.2) is 53.0 Å². The molecule has 3 aromatic rings. The molecule has 7 nitrogen and oxygen atoms in total. The van der Waals surface area contributed by atoms with Crippen molar-refractivity contribution in [1.29, 1.82) is 0 Å². The van der Waals surface area contributed by atoms with E-state index >= 15 is 0 Å². The molecule has 0 saturated carbocycles. The van der Waals surface area contributed by atoms with Gasteiger partial charge in [-0.15, -0.1) is 10.2 Å². The summed E-state index contributed by atoms with van der Waals surface area (Å²) in [5, 5.41) is 13.9. The van der Waals surface area contributed by atoms with Gasteiger partial charge in [0.1, 0.15) is 23.6 Å². The highest BCUT2D eigenvalue weighted by molar-refractivity contribution is 7.98. The van der Waals surface area contributed by atoms with E-state index in [0.29, 0.717) is 33.0 Å². The van der Waals surface area contributed by atoms with Crippen LogP contribution in [0.4, 0.5) is 0 Å². The first kappa shape index (κ1) is 20.0. The predicted octanol–water partition coefficient (Wildman–Crippen LogP) is 4.13. The number of halogens is 1. The molecule has 1 heterocycles. The van der Waals surface area contributed by atoms with Crippen LogP contribution in [0.1, 0.15) is 11.1 Å². The second-order valence-corrected chi connectivity index (χ2v) is 6.94. The average Bonchev–Trinajstić information content (AvgIpc) is 3.18. The summed E-state index contributed by atoms with van der Waals surface area (Å²) in [5.74, 6) is 2.53. The minimum absolute atomic E-state index is 0.586. The van der Waals surface area contributed by atoms with E-state index in [1.54, 1.807) is 50.7 Å². The molecule has 0 fully saturated rings. The topological polar surface area (TPSA) is 70.8 Å². The fourth-order valence-electron chi connectivity index (χ4n) is 2.40. The largest absolute Gasteiger partial charge is 0.496 e. The van der Waals surface area contributed by atoms with Crippen molar-refractivity contribution < 1.29 is 14.2 Å². The van der Waals surface area contributed by atoms with Crippen molar-refractivity contribution in [2.45, 2.75) is 10.9 Å². The molecule has 9 heteroatoms. The van der Waals surface area contributed by atoms with Crippen LogP contribution >= 0.6 is 23.4 Å². The van der Waals surface area contributed by atoms with Crippen LogP contribution in [0.2, 0.25) is 5.02 Å². The number of methoxy groups -OCH3 is 3. The van der Waals surface area contributed by atoms with E-state index in [-0.39, 0.29) is 0 Å². The van der Waals surface area contributed by atoms with Crippen molar-refractivity contribution in [3.8, 4) is 17.2 Å². The van der Waals surface area contributed by atoms with E-state index in [2.05, 4.69) is 15.3 Å². The standard InChI is InChI=1S/C19H19ClN4O3S/c1-25-15-8-17(26-2)16(18(9-15)27-3)10-22-24-12-21-23-19(24)28-11-13-4-6-14(20)7-5-13/h4-10,12H,11H2,1-3H3/b22-10-. The molecule has 28 heavy (non-hydrogen) atoms. The Balaban J connectivity index is 1.80. The quantitative estimate of drug-likeness (QED) is 0.404. The predicted molar refractivity (Wildman–Crippen MR) is 110 cm³/mol. The van der Waals surface area contributed by atoms with Gasteiger partial charge >= 0.3 is 0 Å². The van der Waals surface area contributed by atoms with Crippen molar-refractivity contribution in [3.05, 3.63) is 58.9 Å². The van der Waals surface area contributed by atoms with Gasteiger partial charge in [-0.25, -0.2) is 0 Å². The highest BCUT2D eigenvalue weighted by Gasteiger charge is 2.12. The fraction of sp³-hybridized carbons (Fsp3) is 0.211. The van der Waals surface area contributed by atoms with Gasteiger partial charge in [0.25, 0.3) is 0 Å². The van der Waals surface area contributed by atoms with Crippen LogP contribution in [0.3, 0.4) is 0 Å². The molecule has 1 aromatic heterocycles. The summed E-state index contributed by atoms with van der Waals surface area (Å²) in [5.41, 5.74) is 1.82. The van der Waals surface area contributed by atoms with Gasteiger partial charge in [-0.2, -0.15) is 9.78 Å². The van der Waals surface area contributed by atoms with Gasteiger partial charge in [0.05, 0.1) is 33.1 Å². The molecular weight excluding hydrogens is 400 g/mol. The van der Waals surface area contributed by atoms with Crippen molar-refractivity contribution in [3.63, 3.8) is 0 Å². The van der Waals surface area contributed by atoms with Gasteiger partial charge in [0, 0.05) is 22.9 Å². The molecule has 2 aromatic carbocycles. The molecule has 3 rings (SSSR count). The number of benzene rings is 2. The average molecular weight is 419 g/mol. The molecule has 146 valence electrons. The second-order valence-electron chi connectivity index (χ2n) is 5.56. The molecule has 0 bridgehead atoms. The van der Waals surface area contributed by atoms with Crippen molar-refractivity contribution in [2.24, 2.45) is 5.10 Å². The number of hydrogen-bond donors (Lipinski definition) is 0. The number of hydrogen-bond acceptors (Lipinski definition) is 7. The first-order chi connectivity index (χ1) is 13.6. The second kappa shape index (κ2) is 9.48. The van der Waals surface area contributed by atoms with Crippen LogP contribution < -0.4 is 14.2 Å². The van der Waals surface area contributed by atoms with E-state index in [1.165, 1.54) is 11.8 Å². The Morgan fingerprint density at radius 1 is 1.07 bits per heavy atom. The minimum Gasteiger partial charge on any atom is -0.496 e. The van der Waals surface area contributed by atoms with Crippen LogP contribution in [0.25, 0.3) is 0 Å². The molecule has 0 radical (unpaired) electrons. The summed E-state index contributed by atoms with van der Waals surface area (Å²) < 4.78 is 17.7. The zero-order valence-electron chi connectivity index (χ0n) is 15.6. The molecule has 0 saturated heterocycles. The molecule has 0 N–H and O–H groups in total. The van der Waals surface area contributed by atoms with Crippen LogP contribution in [0.5, 0.6) is 17.2 Å². The van der Waals surface area contributed by atoms with Crippen molar-refractivity contribution in [2.75, 3.05) is 21.3 Å². The molecule has 0 amide bonds. The Kier molecular flexibility index (Phi) is 6.78. The highest BCUT2D eigenvalue weighted by Crippen LogP contribution is 2.32. The number of ether oxygens (including phenoxy) is 3. The monoisotopic (exact) mass is 418 g/mol. The Hall–Kier alpha value is -2.71. The molecule has 0 aliphatic carbocycles. The summed E-state index contributed by atoms with van der Waals surface area (Å²) in [4.78, 5) is 0. The van der Waals surface area contributed by atoms with Gasteiger partial charge in [-0.3, -0.25) is 0 Å².